The number of benzene rings is 1. The highest BCUT2D eigenvalue weighted by molar-refractivity contribution is 14.0. The Labute approximate surface area is 175 Å². The third-order valence-electron chi connectivity index (χ3n) is 3.41. The lowest BCUT2D eigenvalue weighted by molar-refractivity contribution is 0.808. The van der Waals surface area contributed by atoms with E-state index in [0.29, 0.717) is 29.1 Å². The fraction of sp³-hybridized carbons (Fsp3) is 0.294. The molecule has 0 atom stereocenters. The Bertz CT molecular complexity index is 722. The second-order valence-electron chi connectivity index (χ2n) is 5.43. The molecule has 0 spiro atoms. The van der Waals surface area contributed by atoms with Crippen LogP contribution in [0.3, 0.4) is 0 Å². The second-order valence-corrected chi connectivity index (χ2v) is 6.28. The predicted octanol–water partition coefficient (Wildman–Crippen LogP) is 3.94. The molecule has 136 valence electrons. The molecule has 2 rings (SSSR count). The molecule has 0 saturated carbocycles. The minimum Gasteiger partial charge on any atom is -0.363 e. The van der Waals surface area contributed by atoms with E-state index in [1.165, 1.54) is 0 Å². The first-order valence-electron chi connectivity index (χ1n) is 7.50. The van der Waals surface area contributed by atoms with Gasteiger partial charge in [-0.05, 0) is 35.4 Å². The Hall–Kier alpha value is -1.25. The van der Waals surface area contributed by atoms with Gasteiger partial charge in [0.2, 0.25) is 0 Å². The first-order chi connectivity index (χ1) is 11.5. The highest BCUT2D eigenvalue weighted by atomic mass is 127. The molecule has 5 nitrogen and oxygen atoms in total. The van der Waals surface area contributed by atoms with Gasteiger partial charge in [-0.15, -0.1) is 24.0 Å². The number of rotatable bonds is 5. The minimum atomic E-state index is 0. The summed E-state index contributed by atoms with van der Waals surface area (Å²) in [6.45, 7) is 1.21. The van der Waals surface area contributed by atoms with Crippen LogP contribution >= 0.6 is 47.2 Å². The van der Waals surface area contributed by atoms with Gasteiger partial charge in [0, 0.05) is 50.5 Å². The van der Waals surface area contributed by atoms with Crippen LogP contribution in [0, 0.1) is 0 Å². The second kappa shape index (κ2) is 10.7. The van der Waals surface area contributed by atoms with E-state index in [2.05, 4.69) is 20.6 Å². The SMILES string of the molecule is CN=C(NCc1ccnc(N(C)C)c1)NCc1ccc(Cl)cc1Cl.I. The van der Waals surface area contributed by atoms with Crippen molar-refractivity contribution in [3.8, 4) is 0 Å². The average molecular weight is 494 g/mol. The fourth-order valence-electron chi connectivity index (χ4n) is 2.07. The molecule has 0 radical (unpaired) electrons. The summed E-state index contributed by atoms with van der Waals surface area (Å²) in [5, 5.41) is 7.78. The van der Waals surface area contributed by atoms with Crippen molar-refractivity contribution < 1.29 is 0 Å². The van der Waals surface area contributed by atoms with Gasteiger partial charge in [0.25, 0.3) is 0 Å². The van der Waals surface area contributed by atoms with E-state index in [1.54, 1.807) is 19.3 Å². The van der Waals surface area contributed by atoms with E-state index in [9.17, 15) is 0 Å². The number of nitrogens with one attached hydrogen (secondary N) is 2. The Morgan fingerprint density at radius 3 is 2.48 bits per heavy atom. The number of aromatic nitrogens is 1. The molecule has 1 aromatic carbocycles. The molecule has 2 aromatic rings. The summed E-state index contributed by atoms with van der Waals surface area (Å²) in [6.07, 6.45) is 1.80. The topological polar surface area (TPSA) is 52.6 Å². The van der Waals surface area contributed by atoms with Gasteiger partial charge < -0.3 is 15.5 Å². The van der Waals surface area contributed by atoms with Crippen LogP contribution in [0.5, 0.6) is 0 Å². The summed E-state index contributed by atoms with van der Waals surface area (Å²) in [5.74, 6) is 1.62. The Morgan fingerprint density at radius 2 is 1.84 bits per heavy atom. The quantitative estimate of drug-likeness (QED) is 0.376. The summed E-state index contributed by atoms with van der Waals surface area (Å²) >= 11 is 12.1. The number of aliphatic imine (C=N–C) groups is 1. The van der Waals surface area contributed by atoms with Crippen LogP contribution in [0.4, 0.5) is 5.82 Å². The van der Waals surface area contributed by atoms with Crippen molar-refractivity contribution in [1.29, 1.82) is 0 Å². The smallest absolute Gasteiger partial charge is 0.191 e. The molecule has 8 heteroatoms. The number of nitrogens with zero attached hydrogens (tertiary/aromatic N) is 3. The Balaban J connectivity index is 0.00000312. The van der Waals surface area contributed by atoms with Crippen LogP contribution in [0.15, 0.2) is 41.5 Å². The van der Waals surface area contributed by atoms with Crippen LogP contribution in [-0.4, -0.2) is 32.1 Å². The van der Waals surface area contributed by atoms with E-state index >= 15 is 0 Å². The van der Waals surface area contributed by atoms with E-state index in [1.807, 2.05) is 43.3 Å². The lowest BCUT2D eigenvalue weighted by Gasteiger charge is -2.15. The van der Waals surface area contributed by atoms with Crippen molar-refractivity contribution in [3.63, 3.8) is 0 Å². The van der Waals surface area contributed by atoms with Crippen molar-refractivity contribution in [2.45, 2.75) is 13.1 Å². The molecule has 0 fully saturated rings. The normalized spacial score (nSPS) is 10.8. The third kappa shape index (κ3) is 6.87. The molecule has 0 aliphatic carbocycles. The van der Waals surface area contributed by atoms with Crippen LogP contribution in [-0.2, 0) is 13.1 Å². The van der Waals surface area contributed by atoms with E-state index < -0.39 is 0 Å². The number of hydrogen-bond acceptors (Lipinski definition) is 3. The van der Waals surface area contributed by atoms with E-state index in [4.69, 9.17) is 23.2 Å². The van der Waals surface area contributed by atoms with Crippen molar-refractivity contribution in [3.05, 3.63) is 57.7 Å². The predicted molar refractivity (Wildman–Crippen MR) is 117 cm³/mol. The van der Waals surface area contributed by atoms with Crippen LogP contribution in [0.25, 0.3) is 0 Å². The van der Waals surface area contributed by atoms with Crippen molar-refractivity contribution in [2.24, 2.45) is 4.99 Å². The number of pyridine rings is 1. The van der Waals surface area contributed by atoms with Crippen LogP contribution in [0.2, 0.25) is 10.0 Å². The molecule has 0 saturated heterocycles. The lowest BCUT2D eigenvalue weighted by atomic mass is 10.2. The van der Waals surface area contributed by atoms with Crippen molar-refractivity contribution in [2.75, 3.05) is 26.0 Å². The van der Waals surface area contributed by atoms with Gasteiger partial charge in [0.05, 0.1) is 0 Å². The maximum atomic E-state index is 6.18. The van der Waals surface area contributed by atoms with Gasteiger partial charge in [-0.3, -0.25) is 4.99 Å². The summed E-state index contributed by atoms with van der Waals surface area (Å²) in [4.78, 5) is 10.5. The number of hydrogen-bond donors (Lipinski definition) is 2. The molecule has 0 aliphatic heterocycles. The number of anilines is 1. The van der Waals surface area contributed by atoms with Gasteiger partial charge in [-0.25, -0.2) is 4.98 Å². The molecule has 1 heterocycles. The zero-order chi connectivity index (χ0) is 17.5. The molecule has 1 aromatic heterocycles. The van der Waals surface area contributed by atoms with Gasteiger partial charge in [-0.2, -0.15) is 0 Å². The van der Waals surface area contributed by atoms with Crippen molar-refractivity contribution in [1.82, 2.24) is 15.6 Å². The summed E-state index contributed by atoms with van der Waals surface area (Å²) in [5.41, 5.74) is 2.09. The fourth-order valence-corrected chi connectivity index (χ4v) is 2.54. The molecular weight excluding hydrogens is 472 g/mol. The molecule has 0 bridgehead atoms. The Morgan fingerprint density at radius 1 is 1.12 bits per heavy atom. The number of halogens is 3. The van der Waals surface area contributed by atoms with E-state index in [-0.39, 0.29) is 24.0 Å². The maximum Gasteiger partial charge on any atom is 0.191 e. The molecular formula is C17H22Cl2IN5. The number of guanidine groups is 1. The highest BCUT2D eigenvalue weighted by Crippen LogP contribution is 2.20. The van der Waals surface area contributed by atoms with Gasteiger partial charge in [0.1, 0.15) is 5.82 Å². The zero-order valence-electron chi connectivity index (χ0n) is 14.4. The lowest BCUT2D eigenvalue weighted by Crippen LogP contribution is -2.36. The summed E-state index contributed by atoms with van der Waals surface area (Å²) < 4.78 is 0. The maximum absolute atomic E-state index is 6.18. The molecule has 0 unspecified atom stereocenters. The summed E-state index contributed by atoms with van der Waals surface area (Å²) in [7, 11) is 5.67. The highest BCUT2D eigenvalue weighted by Gasteiger charge is 2.04. The standard InChI is InChI=1S/C17H21Cl2N5.HI/c1-20-17(23-11-13-4-5-14(18)9-15(13)19)22-10-12-6-7-21-16(8-12)24(2)3;/h4-9H,10-11H2,1-3H3,(H2,20,22,23);1H. The van der Waals surface area contributed by atoms with Crippen LogP contribution in [0.1, 0.15) is 11.1 Å². The van der Waals surface area contributed by atoms with Gasteiger partial charge >= 0.3 is 0 Å². The van der Waals surface area contributed by atoms with Crippen LogP contribution < -0.4 is 15.5 Å². The largest absolute Gasteiger partial charge is 0.363 e. The third-order valence-corrected chi connectivity index (χ3v) is 4.00. The first kappa shape index (κ1) is 21.8. The zero-order valence-corrected chi connectivity index (χ0v) is 18.2. The molecule has 0 aliphatic rings. The first-order valence-corrected chi connectivity index (χ1v) is 8.26. The molecule has 2 N–H and O–H groups in total. The van der Waals surface area contributed by atoms with Crippen molar-refractivity contribution >= 4 is 59.0 Å². The Kier molecular flexibility index (Phi) is 9.31. The summed E-state index contributed by atoms with van der Waals surface area (Å²) in [6, 6.07) is 9.47. The monoisotopic (exact) mass is 493 g/mol. The van der Waals surface area contributed by atoms with Gasteiger partial charge in [0.15, 0.2) is 5.96 Å². The molecule has 0 amide bonds. The minimum absolute atomic E-state index is 0. The van der Waals surface area contributed by atoms with Gasteiger partial charge in [-0.1, -0.05) is 29.3 Å². The average Bonchev–Trinajstić information content (AvgIpc) is 2.56. The van der Waals surface area contributed by atoms with E-state index in [0.717, 1.165) is 16.9 Å². The molecule has 25 heavy (non-hydrogen) atoms.